The van der Waals surface area contributed by atoms with Crippen LogP contribution >= 0.6 is 11.6 Å². The highest BCUT2D eigenvalue weighted by Gasteiger charge is 2.17. The number of aryl methyl sites for hydroxylation is 2. The normalized spacial score (nSPS) is 15.6. The summed E-state index contributed by atoms with van der Waals surface area (Å²) in [4.78, 5) is 0. The summed E-state index contributed by atoms with van der Waals surface area (Å²) in [5, 5.41) is 2.98. The first-order valence-electron chi connectivity index (χ1n) is 5.98. The van der Waals surface area contributed by atoms with Crippen molar-refractivity contribution >= 4 is 22.4 Å². The van der Waals surface area contributed by atoms with Gasteiger partial charge in [-0.25, -0.2) is 0 Å². The van der Waals surface area contributed by atoms with Crippen LogP contribution in [0, 0.1) is 0 Å². The number of hydrogen-bond donors (Lipinski definition) is 0. The smallest absolute Gasteiger partial charge is 0.0588 e. The number of rotatable bonds is 2. The average Bonchev–Trinajstić information content (AvgIpc) is 2.74. The van der Waals surface area contributed by atoms with E-state index in [1.165, 1.54) is 40.3 Å². The lowest BCUT2D eigenvalue weighted by Gasteiger charge is -2.12. The fraction of sp³-hybridized carbons (Fsp3) is 0.333. The maximum Gasteiger partial charge on any atom is 0.0588 e. The molecule has 1 aliphatic rings. The lowest BCUT2D eigenvalue weighted by Crippen LogP contribution is -1.91. The predicted octanol–water partition coefficient (Wildman–Crippen LogP) is 4.63. The molecule has 0 amide bonds. The second-order valence-electron chi connectivity index (χ2n) is 4.53. The summed E-state index contributed by atoms with van der Waals surface area (Å²) in [6.07, 6.45) is 3.37. The van der Waals surface area contributed by atoms with Crippen LogP contribution in [-0.4, -0.2) is 0 Å². The molecular weight excluding hydrogens is 216 g/mol. The third kappa shape index (κ3) is 1.36. The minimum absolute atomic E-state index is 0.143. The summed E-state index contributed by atoms with van der Waals surface area (Å²) in [7, 11) is 0. The first kappa shape index (κ1) is 10.2. The van der Waals surface area contributed by atoms with Crippen molar-refractivity contribution in [3.8, 4) is 0 Å². The van der Waals surface area contributed by atoms with Gasteiger partial charge < -0.3 is 0 Å². The number of hydrogen-bond acceptors (Lipinski definition) is 0. The highest BCUT2D eigenvalue weighted by Crippen LogP contribution is 2.37. The van der Waals surface area contributed by atoms with Gasteiger partial charge in [0.2, 0.25) is 0 Å². The van der Waals surface area contributed by atoms with Gasteiger partial charge in [-0.2, -0.15) is 0 Å². The van der Waals surface area contributed by atoms with E-state index in [9.17, 15) is 0 Å². The molecule has 16 heavy (non-hydrogen) atoms. The maximum absolute atomic E-state index is 6.39. The van der Waals surface area contributed by atoms with Crippen molar-refractivity contribution in [3.63, 3.8) is 0 Å². The molecule has 0 radical (unpaired) electrons. The highest BCUT2D eigenvalue weighted by atomic mass is 35.5. The van der Waals surface area contributed by atoms with Crippen LogP contribution in [0.25, 0.3) is 10.8 Å². The van der Waals surface area contributed by atoms with Crippen molar-refractivity contribution in [1.82, 2.24) is 0 Å². The molecule has 2 aromatic rings. The molecule has 0 N–H and O–H groups in total. The SMILES string of the molecule is CCC(Cl)c1ccc2c3c(cccc13)CC2. The number of halogens is 1. The lowest BCUT2D eigenvalue weighted by atomic mass is 9.97. The van der Waals surface area contributed by atoms with E-state index in [0.29, 0.717) is 0 Å². The zero-order chi connectivity index (χ0) is 11.1. The Balaban J connectivity index is 2.33. The average molecular weight is 231 g/mol. The van der Waals surface area contributed by atoms with Crippen LogP contribution in [0.2, 0.25) is 0 Å². The summed E-state index contributed by atoms with van der Waals surface area (Å²) in [5.74, 6) is 0. The first-order valence-corrected chi connectivity index (χ1v) is 6.42. The van der Waals surface area contributed by atoms with Crippen LogP contribution in [-0.2, 0) is 12.8 Å². The van der Waals surface area contributed by atoms with Gasteiger partial charge in [0.25, 0.3) is 0 Å². The second-order valence-corrected chi connectivity index (χ2v) is 5.06. The topological polar surface area (TPSA) is 0 Å². The van der Waals surface area contributed by atoms with E-state index < -0.39 is 0 Å². The van der Waals surface area contributed by atoms with Crippen molar-refractivity contribution in [2.24, 2.45) is 0 Å². The Morgan fingerprint density at radius 2 is 1.88 bits per heavy atom. The first-order chi connectivity index (χ1) is 7.81. The Kier molecular flexibility index (Phi) is 2.40. The second kappa shape index (κ2) is 3.78. The van der Waals surface area contributed by atoms with Gasteiger partial charge in [0, 0.05) is 0 Å². The van der Waals surface area contributed by atoms with Crippen molar-refractivity contribution in [3.05, 3.63) is 47.0 Å². The molecule has 0 aromatic heterocycles. The summed E-state index contributed by atoms with van der Waals surface area (Å²) in [6.45, 7) is 2.14. The van der Waals surface area contributed by atoms with Gasteiger partial charge in [-0.05, 0) is 46.7 Å². The Morgan fingerprint density at radius 3 is 2.62 bits per heavy atom. The largest absolute Gasteiger partial charge is 0.118 e. The van der Waals surface area contributed by atoms with Gasteiger partial charge in [-0.3, -0.25) is 0 Å². The molecule has 1 unspecified atom stereocenters. The van der Waals surface area contributed by atoms with Crippen LogP contribution in [0.1, 0.15) is 35.4 Å². The van der Waals surface area contributed by atoms with Crippen LogP contribution in [0.3, 0.4) is 0 Å². The Hall–Kier alpha value is -1.01. The highest BCUT2D eigenvalue weighted by molar-refractivity contribution is 6.22. The summed E-state index contributed by atoms with van der Waals surface area (Å²) < 4.78 is 0. The summed E-state index contributed by atoms with van der Waals surface area (Å²) in [6, 6.07) is 11.1. The summed E-state index contributed by atoms with van der Waals surface area (Å²) >= 11 is 6.39. The van der Waals surface area contributed by atoms with Crippen LogP contribution in [0.4, 0.5) is 0 Å². The quantitative estimate of drug-likeness (QED) is 0.660. The summed E-state index contributed by atoms with van der Waals surface area (Å²) in [5.41, 5.74) is 4.29. The molecule has 0 aliphatic heterocycles. The van der Waals surface area contributed by atoms with E-state index in [1.807, 2.05) is 0 Å². The molecule has 2 aromatic carbocycles. The molecule has 3 rings (SSSR count). The van der Waals surface area contributed by atoms with E-state index in [2.05, 4.69) is 37.3 Å². The maximum atomic E-state index is 6.39. The van der Waals surface area contributed by atoms with E-state index >= 15 is 0 Å². The van der Waals surface area contributed by atoms with Gasteiger partial charge >= 0.3 is 0 Å². The fourth-order valence-corrected chi connectivity index (χ4v) is 2.95. The minimum Gasteiger partial charge on any atom is -0.118 e. The van der Waals surface area contributed by atoms with E-state index in [-0.39, 0.29) is 5.38 Å². The molecule has 1 atom stereocenters. The molecule has 82 valence electrons. The number of alkyl halides is 1. The number of benzene rings is 2. The Bertz CT molecular complexity index is 532. The molecule has 0 saturated carbocycles. The molecule has 0 fully saturated rings. The Morgan fingerprint density at radius 1 is 1.12 bits per heavy atom. The van der Waals surface area contributed by atoms with Gasteiger partial charge in [0.05, 0.1) is 5.38 Å². The third-order valence-electron chi connectivity index (χ3n) is 3.61. The van der Waals surface area contributed by atoms with Crippen LogP contribution in [0.15, 0.2) is 30.3 Å². The van der Waals surface area contributed by atoms with Crippen molar-refractivity contribution in [2.45, 2.75) is 31.6 Å². The third-order valence-corrected chi connectivity index (χ3v) is 4.15. The fourth-order valence-electron chi connectivity index (χ4n) is 2.76. The molecule has 0 saturated heterocycles. The molecule has 0 heterocycles. The molecule has 0 nitrogen and oxygen atoms in total. The molecule has 0 spiro atoms. The zero-order valence-corrected chi connectivity index (χ0v) is 10.2. The minimum atomic E-state index is 0.143. The van der Waals surface area contributed by atoms with Crippen molar-refractivity contribution in [2.75, 3.05) is 0 Å². The zero-order valence-electron chi connectivity index (χ0n) is 9.46. The van der Waals surface area contributed by atoms with E-state index in [4.69, 9.17) is 11.6 Å². The molecule has 1 aliphatic carbocycles. The van der Waals surface area contributed by atoms with Gasteiger partial charge in [0.15, 0.2) is 0 Å². The Labute approximate surface area is 101 Å². The van der Waals surface area contributed by atoms with Crippen molar-refractivity contribution < 1.29 is 0 Å². The standard InChI is InChI=1S/C15H15Cl/c1-2-14(16)12-9-8-11-7-6-10-4-3-5-13(12)15(10)11/h3-5,8-9,14H,2,6-7H2,1H3. The monoisotopic (exact) mass is 230 g/mol. The van der Waals surface area contributed by atoms with Crippen LogP contribution < -0.4 is 0 Å². The predicted molar refractivity (Wildman–Crippen MR) is 70.2 cm³/mol. The van der Waals surface area contributed by atoms with Gasteiger partial charge in [-0.1, -0.05) is 37.3 Å². The van der Waals surface area contributed by atoms with Gasteiger partial charge in [-0.15, -0.1) is 11.6 Å². The molecule has 1 heteroatoms. The van der Waals surface area contributed by atoms with Crippen molar-refractivity contribution in [1.29, 1.82) is 0 Å². The van der Waals surface area contributed by atoms with E-state index in [1.54, 1.807) is 0 Å². The van der Waals surface area contributed by atoms with Crippen LogP contribution in [0.5, 0.6) is 0 Å². The molecular formula is C15H15Cl. The lowest BCUT2D eigenvalue weighted by molar-refractivity contribution is 0.891. The van der Waals surface area contributed by atoms with Gasteiger partial charge in [0.1, 0.15) is 0 Å². The molecule has 0 bridgehead atoms. The van der Waals surface area contributed by atoms with E-state index in [0.717, 1.165) is 6.42 Å².